The standard InChI is InChI=1S/C28H39N5O4/c1-3-20(4-2)28(37)33-15-7-10-24(33)27(36)32-23(26(35)31-14-13-30-25(34)18-29)17-19-11-12-21-8-5-6-9-22(21)16-19/h5-6,8-9,11-12,16,20,23-24H,3-4,7,10,13-15,17-18,29H2,1-2H3,(H,30,34)(H,31,35)(H,32,36)/t23-,24+/m1/s1. The number of amides is 4. The molecule has 37 heavy (non-hydrogen) atoms. The van der Waals surface area contributed by atoms with Gasteiger partial charge in [0, 0.05) is 32.0 Å². The molecule has 1 fully saturated rings. The van der Waals surface area contributed by atoms with E-state index in [2.05, 4.69) is 16.0 Å². The minimum Gasteiger partial charge on any atom is -0.353 e. The lowest BCUT2D eigenvalue weighted by molar-refractivity contribution is -0.142. The minimum absolute atomic E-state index is 0.00817. The fourth-order valence-electron chi connectivity index (χ4n) is 4.84. The van der Waals surface area contributed by atoms with Crippen LogP contribution in [0.1, 0.15) is 45.1 Å². The summed E-state index contributed by atoms with van der Waals surface area (Å²) >= 11 is 0. The Morgan fingerprint density at radius 1 is 1.00 bits per heavy atom. The first-order chi connectivity index (χ1) is 17.9. The maximum absolute atomic E-state index is 13.4. The van der Waals surface area contributed by atoms with Crippen molar-refractivity contribution in [2.75, 3.05) is 26.2 Å². The van der Waals surface area contributed by atoms with E-state index in [-0.39, 0.29) is 49.2 Å². The van der Waals surface area contributed by atoms with Gasteiger partial charge >= 0.3 is 0 Å². The average Bonchev–Trinajstić information content (AvgIpc) is 3.41. The molecule has 1 aliphatic heterocycles. The monoisotopic (exact) mass is 509 g/mol. The van der Waals surface area contributed by atoms with E-state index in [1.165, 1.54) is 0 Å². The summed E-state index contributed by atoms with van der Waals surface area (Å²) in [6.07, 6.45) is 3.09. The van der Waals surface area contributed by atoms with Crippen LogP contribution in [0.25, 0.3) is 10.8 Å². The van der Waals surface area contributed by atoms with Crippen LogP contribution in [-0.4, -0.2) is 66.8 Å². The van der Waals surface area contributed by atoms with Crippen LogP contribution < -0.4 is 21.7 Å². The highest BCUT2D eigenvalue weighted by Gasteiger charge is 2.37. The lowest BCUT2D eigenvalue weighted by atomic mass is 10.00. The van der Waals surface area contributed by atoms with E-state index in [4.69, 9.17) is 5.73 Å². The van der Waals surface area contributed by atoms with Crippen LogP contribution in [0.15, 0.2) is 42.5 Å². The number of nitrogens with two attached hydrogens (primary N) is 1. The van der Waals surface area contributed by atoms with Crippen molar-refractivity contribution in [3.8, 4) is 0 Å². The number of carbonyl (C=O) groups excluding carboxylic acids is 4. The van der Waals surface area contributed by atoms with Gasteiger partial charge in [0.1, 0.15) is 12.1 Å². The van der Waals surface area contributed by atoms with E-state index in [9.17, 15) is 19.2 Å². The molecule has 0 unspecified atom stereocenters. The maximum atomic E-state index is 13.4. The zero-order chi connectivity index (χ0) is 26.8. The van der Waals surface area contributed by atoms with Gasteiger partial charge in [-0.3, -0.25) is 19.2 Å². The van der Waals surface area contributed by atoms with Crippen molar-refractivity contribution in [3.63, 3.8) is 0 Å². The van der Waals surface area contributed by atoms with Crippen molar-refractivity contribution in [3.05, 3.63) is 48.0 Å². The van der Waals surface area contributed by atoms with Crippen LogP contribution in [-0.2, 0) is 25.6 Å². The van der Waals surface area contributed by atoms with Gasteiger partial charge in [-0.05, 0) is 42.0 Å². The number of carbonyl (C=O) groups is 4. The molecule has 0 saturated carbocycles. The molecule has 1 heterocycles. The van der Waals surface area contributed by atoms with Crippen molar-refractivity contribution in [2.24, 2.45) is 11.7 Å². The van der Waals surface area contributed by atoms with Crippen LogP contribution in [0.3, 0.4) is 0 Å². The third kappa shape index (κ3) is 7.52. The van der Waals surface area contributed by atoms with E-state index in [0.29, 0.717) is 19.4 Å². The quantitative estimate of drug-likeness (QED) is 0.322. The van der Waals surface area contributed by atoms with Gasteiger partial charge in [-0.2, -0.15) is 0 Å². The number of nitrogens with zero attached hydrogens (tertiary/aromatic N) is 1. The van der Waals surface area contributed by atoms with Crippen LogP contribution in [0, 0.1) is 5.92 Å². The summed E-state index contributed by atoms with van der Waals surface area (Å²) in [5, 5.41) is 10.5. The SMILES string of the molecule is CCC(CC)C(=O)N1CCC[C@H]1C(=O)N[C@H](Cc1ccc2ccccc2c1)C(=O)NCCNC(=O)CN. The summed E-state index contributed by atoms with van der Waals surface area (Å²) in [5.74, 6) is -1.06. The molecule has 4 amide bonds. The molecule has 2 aromatic rings. The van der Waals surface area contributed by atoms with Gasteiger partial charge < -0.3 is 26.6 Å². The molecule has 9 heteroatoms. The van der Waals surface area contributed by atoms with Crippen LogP contribution in [0.2, 0.25) is 0 Å². The molecule has 2 atom stereocenters. The number of rotatable bonds is 12. The number of benzene rings is 2. The van der Waals surface area contributed by atoms with E-state index >= 15 is 0 Å². The molecular weight excluding hydrogens is 470 g/mol. The molecule has 200 valence electrons. The lowest BCUT2D eigenvalue weighted by Crippen LogP contribution is -2.55. The Hall–Kier alpha value is -3.46. The zero-order valence-corrected chi connectivity index (χ0v) is 21.8. The molecular formula is C28H39N5O4. The Kier molecular flexibility index (Phi) is 10.4. The summed E-state index contributed by atoms with van der Waals surface area (Å²) in [6.45, 7) is 4.84. The Morgan fingerprint density at radius 3 is 2.41 bits per heavy atom. The number of hydrogen-bond donors (Lipinski definition) is 4. The van der Waals surface area contributed by atoms with Crippen LogP contribution in [0.4, 0.5) is 0 Å². The second kappa shape index (κ2) is 13.7. The maximum Gasteiger partial charge on any atom is 0.243 e. The highest BCUT2D eigenvalue weighted by molar-refractivity contribution is 5.93. The molecule has 1 aliphatic rings. The third-order valence-electron chi connectivity index (χ3n) is 6.99. The topological polar surface area (TPSA) is 134 Å². The molecule has 0 aromatic heterocycles. The van der Waals surface area contributed by atoms with Crippen molar-refractivity contribution >= 4 is 34.4 Å². The Morgan fingerprint density at radius 2 is 1.70 bits per heavy atom. The molecule has 0 spiro atoms. The fraction of sp³-hybridized carbons (Fsp3) is 0.500. The van der Waals surface area contributed by atoms with E-state index in [1.807, 2.05) is 56.3 Å². The summed E-state index contributed by atoms with van der Waals surface area (Å²) < 4.78 is 0. The van der Waals surface area contributed by atoms with Crippen LogP contribution >= 0.6 is 0 Å². The predicted octanol–water partition coefficient (Wildman–Crippen LogP) is 1.49. The molecule has 9 nitrogen and oxygen atoms in total. The molecule has 0 bridgehead atoms. The van der Waals surface area contributed by atoms with Gasteiger partial charge in [0.2, 0.25) is 23.6 Å². The summed E-state index contributed by atoms with van der Waals surface area (Å²) in [4.78, 5) is 52.6. The average molecular weight is 510 g/mol. The van der Waals surface area contributed by atoms with Crippen molar-refractivity contribution in [2.45, 2.75) is 58.0 Å². The van der Waals surface area contributed by atoms with E-state index < -0.39 is 12.1 Å². The van der Waals surface area contributed by atoms with Crippen molar-refractivity contribution in [1.82, 2.24) is 20.9 Å². The first kappa shape index (κ1) is 28.1. The van der Waals surface area contributed by atoms with Gasteiger partial charge in [-0.1, -0.05) is 56.3 Å². The van der Waals surface area contributed by atoms with E-state index in [0.717, 1.165) is 35.6 Å². The third-order valence-corrected chi connectivity index (χ3v) is 6.99. The summed E-state index contributed by atoms with van der Waals surface area (Å²) in [5.41, 5.74) is 6.21. The van der Waals surface area contributed by atoms with Crippen molar-refractivity contribution < 1.29 is 19.2 Å². The number of fused-ring (bicyclic) bond motifs is 1. The van der Waals surface area contributed by atoms with Gasteiger partial charge in [0.05, 0.1) is 6.54 Å². The smallest absolute Gasteiger partial charge is 0.243 e. The lowest BCUT2D eigenvalue weighted by Gasteiger charge is -2.29. The number of hydrogen-bond acceptors (Lipinski definition) is 5. The Balaban J connectivity index is 1.74. The zero-order valence-electron chi connectivity index (χ0n) is 21.8. The molecule has 3 rings (SSSR count). The Bertz CT molecular complexity index is 1100. The number of nitrogens with one attached hydrogen (secondary N) is 3. The van der Waals surface area contributed by atoms with Gasteiger partial charge in [-0.25, -0.2) is 0 Å². The number of likely N-dealkylation sites (tertiary alicyclic amines) is 1. The molecule has 0 aliphatic carbocycles. The largest absolute Gasteiger partial charge is 0.353 e. The van der Waals surface area contributed by atoms with E-state index in [1.54, 1.807) is 4.90 Å². The highest BCUT2D eigenvalue weighted by Crippen LogP contribution is 2.23. The van der Waals surface area contributed by atoms with Gasteiger partial charge in [0.15, 0.2) is 0 Å². The second-order valence-electron chi connectivity index (χ2n) is 9.49. The molecule has 5 N–H and O–H groups in total. The molecule has 1 saturated heterocycles. The van der Waals surface area contributed by atoms with Crippen LogP contribution in [0.5, 0.6) is 0 Å². The highest BCUT2D eigenvalue weighted by atomic mass is 16.2. The molecule has 2 aromatic carbocycles. The predicted molar refractivity (Wildman–Crippen MR) is 143 cm³/mol. The normalized spacial score (nSPS) is 16.0. The summed E-state index contributed by atoms with van der Waals surface area (Å²) in [7, 11) is 0. The summed E-state index contributed by atoms with van der Waals surface area (Å²) in [6, 6.07) is 12.5. The van der Waals surface area contributed by atoms with Gasteiger partial charge in [0.25, 0.3) is 0 Å². The molecule has 0 radical (unpaired) electrons. The minimum atomic E-state index is -0.829. The fourth-order valence-corrected chi connectivity index (χ4v) is 4.84. The van der Waals surface area contributed by atoms with Gasteiger partial charge in [-0.15, -0.1) is 0 Å². The second-order valence-corrected chi connectivity index (χ2v) is 9.49. The first-order valence-electron chi connectivity index (χ1n) is 13.2. The first-order valence-corrected chi connectivity index (χ1v) is 13.2. The Labute approximate surface area is 218 Å². The van der Waals surface area contributed by atoms with Crippen molar-refractivity contribution in [1.29, 1.82) is 0 Å².